The van der Waals surface area contributed by atoms with E-state index in [9.17, 15) is 5.21 Å². The van der Waals surface area contributed by atoms with E-state index < -0.39 is 0 Å². The standard InChI is InChI=1S/C18H23N2O3/c1-18(2,3)19-12-14-6-10-17(11-7-14)23-13-15-4-8-16(9-5-15)20(21)22/h4-11,19,21H,12-13H2,1-3H3/q-1. The van der Waals surface area contributed by atoms with Crippen molar-refractivity contribution in [3.63, 3.8) is 0 Å². The second-order valence-electron chi connectivity index (χ2n) is 6.48. The van der Waals surface area contributed by atoms with Crippen molar-refractivity contribution in [1.29, 1.82) is 0 Å². The van der Waals surface area contributed by atoms with Gasteiger partial charge >= 0.3 is 0 Å². The molecule has 0 aromatic heterocycles. The lowest BCUT2D eigenvalue weighted by molar-refractivity contribution is 0.295. The molecule has 0 fully saturated rings. The Bertz CT molecular complexity index is 602. The highest BCUT2D eigenvalue weighted by molar-refractivity contribution is 5.45. The second kappa shape index (κ2) is 7.46. The molecule has 0 saturated heterocycles. The van der Waals surface area contributed by atoms with Crippen molar-refractivity contribution < 1.29 is 9.94 Å². The Kier molecular flexibility index (Phi) is 5.60. The van der Waals surface area contributed by atoms with E-state index in [1.807, 2.05) is 24.3 Å². The zero-order valence-corrected chi connectivity index (χ0v) is 13.7. The predicted molar refractivity (Wildman–Crippen MR) is 91.4 cm³/mol. The lowest BCUT2D eigenvalue weighted by Gasteiger charge is -2.21. The Morgan fingerprint density at radius 3 is 2.09 bits per heavy atom. The number of hydrogen-bond donors (Lipinski definition) is 2. The van der Waals surface area contributed by atoms with Gasteiger partial charge in [-0.2, -0.15) is 0 Å². The first-order valence-electron chi connectivity index (χ1n) is 7.55. The van der Waals surface area contributed by atoms with Gasteiger partial charge in [0.05, 0.1) is 5.69 Å². The van der Waals surface area contributed by atoms with Crippen molar-refractivity contribution in [3.8, 4) is 5.75 Å². The molecule has 0 saturated carbocycles. The summed E-state index contributed by atoms with van der Waals surface area (Å²) in [6, 6.07) is 14.6. The van der Waals surface area contributed by atoms with Crippen LogP contribution in [0.3, 0.4) is 0 Å². The SMILES string of the molecule is CC(C)(C)NCc1ccc(OCc2ccc(N([O-])O)cc2)cc1. The quantitative estimate of drug-likeness (QED) is 0.793. The summed E-state index contributed by atoms with van der Waals surface area (Å²) in [7, 11) is 0. The van der Waals surface area contributed by atoms with E-state index in [0.717, 1.165) is 17.9 Å². The summed E-state index contributed by atoms with van der Waals surface area (Å²) in [5, 5.41) is 22.8. The Hall–Kier alpha value is -2.08. The van der Waals surface area contributed by atoms with Gasteiger partial charge in [0.15, 0.2) is 0 Å². The second-order valence-corrected chi connectivity index (χ2v) is 6.48. The fraction of sp³-hybridized carbons (Fsp3) is 0.333. The van der Waals surface area contributed by atoms with Crippen LogP contribution in [0.5, 0.6) is 5.75 Å². The van der Waals surface area contributed by atoms with Crippen LogP contribution in [0, 0.1) is 5.21 Å². The van der Waals surface area contributed by atoms with Crippen LogP contribution in [0.15, 0.2) is 48.5 Å². The van der Waals surface area contributed by atoms with E-state index in [1.54, 1.807) is 24.3 Å². The molecular formula is C18H23N2O3-. The molecule has 23 heavy (non-hydrogen) atoms. The lowest BCUT2D eigenvalue weighted by atomic mass is 10.1. The van der Waals surface area contributed by atoms with Gasteiger partial charge in [-0.05, 0) is 56.2 Å². The first-order valence-corrected chi connectivity index (χ1v) is 7.55. The molecule has 2 aromatic rings. The van der Waals surface area contributed by atoms with E-state index >= 15 is 0 Å². The normalized spacial score (nSPS) is 11.3. The summed E-state index contributed by atoms with van der Waals surface area (Å²) in [5.74, 6) is 0.793. The van der Waals surface area contributed by atoms with Gasteiger partial charge in [-0.1, -0.05) is 24.3 Å². The van der Waals surface area contributed by atoms with E-state index in [2.05, 4.69) is 26.1 Å². The van der Waals surface area contributed by atoms with Gasteiger partial charge in [-0.3, -0.25) is 5.21 Å². The molecule has 5 heteroatoms. The zero-order valence-electron chi connectivity index (χ0n) is 13.7. The van der Waals surface area contributed by atoms with Crippen molar-refractivity contribution in [3.05, 3.63) is 64.9 Å². The van der Waals surface area contributed by atoms with Crippen LogP contribution >= 0.6 is 0 Å². The van der Waals surface area contributed by atoms with Gasteiger partial charge in [-0.25, -0.2) is 0 Å². The van der Waals surface area contributed by atoms with Gasteiger partial charge in [-0.15, -0.1) is 0 Å². The minimum atomic E-state index is -0.158. The third-order valence-electron chi connectivity index (χ3n) is 3.31. The highest BCUT2D eigenvalue weighted by Gasteiger charge is 2.08. The Morgan fingerprint density at radius 1 is 1.00 bits per heavy atom. The predicted octanol–water partition coefficient (Wildman–Crippen LogP) is 3.85. The highest BCUT2D eigenvalue weighted by Crippen LogP contribution is 2.17. The number of ether oxygens (including phenoxy) is 1. The molecule has 0 aliphatic carbocycles. The van der Waals surface area contributed by atoms with Gasteiger partial charge in [0.1, 0.15) is 12.4 Å². The molecule has 2 N–H and O–H groups in total. The molecule has 5 nitrogen and oxygen atoms in total. The summed E-state index contributed by atoms with van der Waals surface area (Å²) in [5.41, 5.74) is 2.42. The van der Waals surface area contributed by atoms with E-state index in [1.165, 1.54) is 5.56 Å². The fourth-order valence-electron chi connectivity index (χ4n) is 1.96. The summed E-state index contributed by atoms with van der Waals surface area (Å²) < 4.78 is 5.72. The van der Waals surface area contributed by atoms with Gasteiger partial charge < -0.3 is 20.5 Å². The molecule has 2 aromatic carbocycles. The maximum absolute atomic E-state index is 10.7. The number of rotatable bonds is 6. The maximum atomic E-state index is 10.7. The van der Waals surface area contributed by atoms with Gasteiger partial charge in [0, 0.05) is 12.1 Å². The molecule has 2 rings (SSSR count). The third kappa shape index (κ3) is 5.90. The average molecular weight is 315 g/mol. The number of anilines is 1. The van der Waals surface area contributed by atoms with Crippen LogP contribution in [0.1, 0.15) is 31.9 Å². The maximum Gasteiger partial charge on any atom is 0.119 e. The molecule has 0 spiro atoms. The van der Waals surface area contributed by atoms with Crippen LogP contribution < -0.4 is 15.3 Å². The van der Waals surface area contributed by atoms with Crippen LogP contribution in [0.4, 0.5) is 5.69 Å². The van der Waals surface area contributed by atoms with E-state index in [-0.39, 0.29) is 16.5 Å². The molecule has 0 unspecified atom stereocenters. The van der Waals surface area contributed by atoms with Crippen LogP contribution in [-0.2, 0) is 13.2 Å². The number of nitrogens with zero attached hydrogens (tertiary/aromatic N) is 1. The zero-order chi connectivity index (χ0) is 16.9. The highest BCUT2D eigenvalue weighted by atomic mass is 16.8. The van der Waals surface area contributed by atoms with Crippen LogP contribution in [-0.4, -0.2) is 10.7 Å². The van der Waals surface area contributed by atoms with Crippen molar-refractivity contribution >= 4 is 5.69 Å². The Morgan fingerprint density at radius 2 is 1.57 bits per heavy atom. The van der Waals surface area contributed by atoms with Crippen molar-refractivity contribution in [2.45, 2.75) is 39.5 Å². The number of hydrogen-bond acceptors (Lipinski definition) is 5. The minimum absolute atomic E-state index is 0.0928. The van der Waals surface area contributed by atoms with Gasteiger partial charge in [0.2, 0.25) is 0 Å². The lowest BCUT2D eigenvalue weighted by Crippen LogP contribution is -2.34. The molecule has 0 amide bonds. The summed E-state index contributed by atoms with van der Waals surface area (Å²) in [6.07, 6.45) is 0. The number of nitrogens with one attached hydrogen (secondary N) is 1. The fourth-order valence-corrected chi connectivity index (χ4v) is 1.96. The van der Waals surface area contributed by atoms with Crippen LogP contribution in [0.2, 0.25) is 0 Å². The first-order chi connectivity index (χ1) is 10.8. The van der Waals surface area contributed by atoms with Crippen molar-refractivity contribution in [1.82, 2.24) is 5.32 Å². The first kappa shape index (κ1) is 17.3. The molecule has 124 valence electrons. The summed E-state index contributed by atoms with van der Waals surface area (Å²) in [4.78, 5) is 0. The Labute approximate surface area is 137 Å². The molecule has 0 radical (unpaired) electrons. The minimum Gasteiger partial charge on any atom is -0.733 e. The van der Waals surface area contributed by atoms with E-state index in [4.69, 9.17) is 9.94 Å². The summed E-state index contributed by atoms with van der Waals surface area (Å²) >= 11 is 0. The molecule has 0 atom stereocenters. The van der Waals surface area contributed by atoms with Crippen molar-refractivity contribution in [2.24, 2.45) is 0 Å². The van der Waals surface area contributed by atoms with Crippen molar-refractivity contribution in [2.75, 3.05) is 5.23 Å². The molecule has 0 aliphatic rings. The molecular weight excluding hydrogens is 292 g/mol. The average Bonchev–Trinajstić information content (AvgIpc) is 2.51. The smallest absolute Gasteiger partial charge is 0.119 e. The Balaban J connectivity index is 1.86. The summed E-state index contributed by atoms with van der Waals surface area (Å²) in [6.45, 7) is 7.64. The molecule has 0 heterocycles. The van der Waals surface area contributed by atoms with Gasteiger partial charge in [0.25, 0.3) is 0 Å². The van der Waals surface area contributed by atoms with E-state index in [0.29, 0.717) is 6.61 Å². The van der Waals surface area contributed by atoms with Crippen LogP contribution in [0.25, 0.3) is 0 Å². The largest absolute Gasteiger partial charge is 0.733 e. The molecule has 0 bridgehead atoms. The monoisotopic (exact) mass is 315 g/mol. The molecule has 0 aliphatic heterocycles. The topological polar surface area (TPSA) is 67.8 Å². The third-order valence-corrected chi connectivity index (χ3v) is 3.31. The number of benzene rings is 2.